The van der Waals surface area contributed by atoms with Gasteiger partial charge in [-0.15, -0.1) is 0 Å². The molecule has 1 rings (SSSR count). The molecule has 1 aromatic rings. The second-order valence-electron chi connectivity index (χ2n) is 5.54. The van der Waals surface area contributed by atoms with Crippen molar-refractivity contribution in [2.75, 3.05) is 31.6 Å². The first-order valence-corrected chi connectivity index (χ1v) is 8.19. The summed E-state index contributed by atoms with van der Waals surface area (Å²) >= 11 is 0. The number of rotatable bonds is 8. The highest BCUT2D eigenvalue weighted by atomic mass is 16.5. The van der Waals surface area contributed by atoms with E-state index in [-0.39, 0.29) is 18.4 Å². The van der Waals surface area contributed by atoms with E-state index in [4.69, 9.17) is 4.74 Å². The average Bonchev–Trinajstić information content (AvgIpc) is 2.57. The predicted octanol–water partition coefficient (Wildman–Crippen LogP) is 2.47. The number of nitrogens with zero attached hydrogens (tertiary/aromatic N) is 2. The fourth-order valence-corrected chi connectivity index (χ4v) is 2.15. The summed E-state index contributed by atoms with van der Waals surface area (Å²) in [4.78, 5) is 38.9. The van der Waals surface area contributed by atoms with Crippen LogP contribution in [0.1, 0.15) is 44.0 Å². The largest absolute Gasteiger partial charge is 0.462 e. The standard InChI is InChI=1S/C18H26N2O4/c1-5-7-12-19(4)17(22)13-20(14(3)21)16-10-8-15(9-11-16)18(23)24-6-2/h8-11H,5-7,12-13H2,1-4H3. The van der Waals surface area contributed by atoms with Crippen molar-refractivity contribution < 1.29 is 19.1 Å². The van der Waals surface area contributed by atoms with Gasteiger partial charge in [-0.2, -0.15) is 0 Å². The minimum absolute atomic E-state index is 0.0195. The van der Waals surface area contributed by atoms with Crippen molar-refractivity contribution in [3.05, 3.63) is 29.8 Å². The topological polar surface area (TPSA) is 66.9 Å². The van der Waals surface area contributed by atoms with E-state index in [9.17, 15) is 14.4 Å². The fraction of sp³-hybridized carbons (Fsp3) is 0.500. The molecule has 0 radical (unpaired) electrons. The Labute approximate surface area is 143 Å². The molecule has 0 aliphatic rings. The van der Waals surface area contributed by atoms with Crippen molar-refractivity contribution in [3.8, 4) is 0 Å². The third-order valence-corrected chi connectivity index (χ3v) is 3.64. The van der Waals surface area contributed by atoms with Gasteiger partial charge in [0.2, 0.25) is 11.8 Å². The SMILES string of the molecule is CCCCN(C)C(=O)CN(C(C)=O)c1ccc(C(=O)OCC)cc1. The maximum absolute atomic E-state index is 12.3. The number of ether oxygens (including phenoxy) is 1. The molecule has 6 nitrogen and oxygen atoms in total. The number of esters is 1. The van der Waals surface area contributed by atoms with E-state index in [1.807, 2.05) is 0 Å². The fourth-order valence-electron chi connectivity index (χ4n) is 2.15. The monoisotopic (exact) mass is 334 g/mol. The lowest BCUT2D eigenvalue weighted by atomic mass is 10.2. The Morgan fingerprint density at radius 1 is 1.08 bits per heavy atom. The summed E-state index contributed by atoms with van der Waals surface area (Å²) in [6, 6.07) is 6.48. The van der Waals surface area contributed by atoms with Crippen molar-refractivity contribution in [2.24, 2.45) is 0 Å². The summed E-state index contributed by atoms with van der Waals surface area (Å²) in [6.07, 6.45) is 1.93. The number of anilines is 1. The summed E-state index contributed by atoms with van der Waals surface area (Å²) in [5.74, 6) is -0.752. The van der Waals surface area contributed by atoms with Crippen molar-refractivity contribution in [3.63, 3.8) is 0 Å². The molecular weight excluding hydrogens is 308 g/mol. The zero-order valence-electron chi connectivity index (χ0n) is 14.9. The normalized spacial score (nSPS) is 10.2. The van der Waals surface area contributed by atoms with E-state index in [0.717, 1.165) is 12.8 Å². The number of likely N-dealkylation sites (N-methyl/N-ethyl adjacent to an activating group) is 1. The molecule has 2 amide bonds. The lowest BCUT2D eigenvalue weighted by Crippen LogP contribution is -2.41. The van der Waals surface area contributed by atoms with Gasteiger partial charge in [0.05, 0.1) is 12.2 Å². The van der Waals surface area contributed by atoms with E-state index < -0.39 is 5.97 Å². The number of benzene rings is 1. The molecule has 0 atom stereocenters. The van der Waals surface area contributed by atoms with E-state index in [2.05, 4.69) is 6.92 Å². The van der Waals surface area contributed by atoms with Crippen LogP contribution in [0.25, 0.3) is 0 Å². The molecule has 0 N–H and O–H groups in total. The second-order valence-corrected chi connectivity index (χ2v) is 5.54. The van der Waals surface area contributed by atoms with E-state index >= 15 is 0 Å². The predicted molar refractivity (Wildman–Crippen MR) is 93.0 cm³/mol. The number of amides is 2. The maximum Gasteiger partial charge on any atom is 0.338 e. The first-order chi connectivity index (χ1) is 11.4. The summed E-state index contributed by atoms with van der Waals surface area (Å²) in [5, 5.41) is 0. The summed E-state index contributed by atoms with van der Waals surface area (Å²) in [6.45, 7) is 6.17. The third kappa shape index (κ3) is 5.68. The molecule has 0 heterocycles. The smallest absolute Gasteiger partial charge is 0.338 e. The molecule has 132 valence electrons. The number of hydrogen-bond donors (Lipinski definition) is 0. The number of unbranched alkanes of at least 4 members (excludes halogenated alkanes) is 1. The van der Waals surface area contributed by atoms with Crippen molar-refractivity contribution >= 4 is 23.5 Å². The maximum atomic E-state index is 12.3. The molecule has 0 saturated carbocycles. The van der Waals surface area contributed by atoms with Gasteiger partial charge in [0.1, 0.15) is 6.54 Å². The van der Waals surface area contributed by atoms with Gasteiger partial charge in [-0.25, -0.2) is 4.79 Å². The van der Waals surface area contributed by atoms with Crippen LogP contribution in [0.4, 0.5) is 5.69 Å². The van der Waals surface area contributed by atoms with Gasteiger partial charge >= 0.3 is 5.97 Å². The number of carbonyl (C=O) groups is 3. The van der Waals surface area contributed by atoms with Crippen LogP contribution >= 0.6 is 0 Å². The average molecular weight is 334 g/mol. The van der Waals surface area contributed by atoms with Gasteiger partial charge < -0.3 is 14.5 Å². The third-order valence-electron chi connectivity index (χ3n) is 3.64. The van der Waals surface area contributed by atoms with Gasteiger partial charge in [-0.1, -0.05) is 13.3 Å². The van der Waals surface area contributed by atoms with E-state index in [1.54, 1.807) is 43.1 Å². The van der Waals surface area contributed by atoms with Crippen molar-refractivity contribution in [2.45, 2.75) is 33.6 Å². The Hall–Kier alpha value is -2.37. The van der Waals surface area contributed by atoms with Crippen LogP contribution in [-0.4, -0.2) is 49.4 Å². The Morgan fingerprint density at radius 3 is 2.21 bits per heavy atom. The minimum atomic E-state index is -0.409. The summed E-state index contributed by atoms with van der Waals surface area (Å²) in [5.41, 5.74) is 0.989. The highest BCUT2D eigenvalue weighted by Crippen LogP contribution is 2.16. The zero-order valence-corrected chi connectivity index (χ0v) is 14.9. The van der Waals surface area contributed by atoms with Crippen LogP contribution in [-0.2, 0) is 14.3 Å². The molecule has 0 aromatic heterocycles. The molecule has 0 spiro atoms. The highest BCUT2D eigenvalue weighted by molar-refractivity contribution is 5.98. The van der Waals surface area contributed by atoms with Crippen molar-refractivity contribution in [1.82, 2.24) is 4.90 Å². The Kier molecular flexibility index (Phi) is 7.95. The summed E-state index contributed by atoms with van der Waals surface area (Å²) in [7, 11) is 1.74. The van der Waals surface area contributed by atoms with Gasteiger partial charge in [0, 0.05) is 26.2 Å². The van der Waals surface area contributed by atoms with E-state index in [0.29, 0.717) is 24.4 Å². The summed E-state index contributed by atoms with van der Waals surface area (Å²) < 4.78 is 4.93. The minimum Gasteiger partial charge on any atom is -0.462 e. The number of carbonyl (C=O) groups excluding carboxylic acids is 3. The Morgan fingerprint density at radius 2 is 1.71 bits per heavy atom. The first-order valence-electron chi connectivity index (χ1n) is 8.19. The Bertz CT molecular complexity index is 569. The molecule has 0 bridgehead atoms. The zero-order chi connectivity index (χ0) is 18.1. The molecule has 1 aromatic carbocycles. The lowest BCUT2D eigenvalue weighted by molar-refractivity contribution is -0.130. The quantitative estimate of drug-likeness (QED) is 0.685. The van der Waals surface area contributed by atoms with Gasteiger partial charge in [0.25, 0.3) is 0 Å². The van der Waals surface area contributed by atoms with Gasteiger partial charge in [-0.3, -0.25) is 9.59 Å². The van der Waals surface area contributed by atoms with Crippen molar-refractivity contribution in [1.29, 1.82) is 0 Å². The first kappa shape index (κ1) is 19.7. The van der Waals surface area contributed by atoms with Crippen LogP contribution < -0.4 is 4.90 Å². The second kappa shape index (κ2) is 9.70. The van der Waals surface area contributed by atoms with Crippen LogP contribution in [0.2, 0.25) is 0 Å². The van der Waals surface area contributed by atoms with Crippen LogP contribution in [0, 0.1) is 0 Å². The molecule has 0 aliphatic carbocycles. The lowest BCUT2D eigenvalue weighted by Gasteiger charge is -2.24. The van der Waals surface area contributed by atoms with Gasteiger partial charge in [0.15, 0.2) is 0 Å². The molecule has 6 heteroatoms. The molecule has 0 fully saturated rings. The number of hydrogen-bond acceptors (Lipinski definition) is 4. The van der Waals surface area contributed by atoms with Crippen LogP contribution in [0.3, 0.4) is 0 Å². The molecular formula is C18H26N2O4. The molecule has 0 saturated heterocycles. The highest BCUT2D eigenvalue weighted by Gasteiger charge is 2.18. The van der Waals surface area contributed by atoms with Gasteiger partial charge in [-0.05, 0) is 37.6 Å². The van der Waals surface area contributed by atoms with Crippen LogP contribution in [0.5, 0.6) is 0 Å². The molecule has 0 unspecified atom stereocenters. The van der Waals surface area contributed by atoms with E-state index in [1.165, 1.54) is 11.8 Å². The molecule has 24 heavy (non-hydrogen) atoms. The molecule has 0 aliphatic heterocycles. The van der Waals surface area contributed by atoms with Crippen LogP contribution in [0.15, 0.2) is 24.3 Å². The Balaban J connectivity index is 2.83.